The first-order chi connectivity index (χ1) is 26.3. The smallest absolute Gasteiger partial charge is 0.457 e. The van der Waals surface area contributed by atoms with Gasteiger partial charge in [-0.05, 0) is 12.8 Å². The minimum atomic E-state index is -4.51. The molecule has 0 aliphatic heterocycles. The van der Waals surface area contributed by atoms with Crippen LogP contribution in [0.2, 0.25) is 0 Å². The highest BCUT2D eigenvalue weighted by Gasteiger charge is 2.26. The van der Waals surface area contributed by atoms with Gasteiger partial charge in [0.05, 0.1) is 26.4 Å². The van der Waals surface area contributed by atoms with Crippen LogP contribution in [0.25, 0.3) is 0 Å². The first-order valence-corrected chi connectivity index (χ1v) is 24.5. The highest BCUT2D eigenvalue weighted by atomic mass is 31.2. The number of carbonyl (C=O) groups excluding carboxylic acids is 1. The van der Waals surface area contributed by atoms with Crippen LogP contribution in [0, 0.1) is 0 Å². The summed E-state index contributed by atoms with van der Waals surface area (Å²) in [5.74, 6) is -0.376. The molecule has 0 aliphatic rings. The van der Waals surface area contributed by atoms with Gasteiger partial charge in [0.15, 0.2) is 0 Å². The second-order valence-electron chi connectivity index (χ2n) is 15.8. The quantitative estimate of drug-likeness (QED) is 0.0313. The predicted octanol–water partition coefficient (Wildman–Crippen LogP) is 12.7. The van der Waals surface area contributed by atoms with E-state index in [2.05, 4.69) is 13.8 Å². The van der Waals surface area contributed by atoms with E-state index in [-0.39, 0.29) is 25.6 Å². The Morgan fingerprint density at radius 2 is 0.833 bits per heavy atom. The zero-order chi connectivity index (χ0) is 39.6. The minimum Gasteiger partial charge on any atom is -0.457 e. The maximum atomic E-state index is 12.6. The number of carbonyl (C=O) groups is 1. The highest BCUT2D eigenvalue weighted by molar-refractivity contribution is 7.47. The number of unbranched alkanes of at least 4 members (excludes halogenated alkanes) is 31. The molecular formula is C44H89O9P. The van der Waals surface area contributed by atoms with E-state index in [1.165, 1.54) is 180 Å². The zero-order valence-corrected chi connectivity index (χ0v) is 36.4. The topological polar surface area (TPSA) is 132 Å². The molecule has 0 bridgehead atoms. The van der Waals surface area contributed by atoms with Crippen molar-refractivity contribution in [2.45, 2.75) is 244 Å². The number of aliphatic hydroxyl groups excluding tert-OH is 2. The van der Waals surface area contributed by atoms with Crippen molar-refractivity contribution in [1.29, 1.82) is 0 Å². The van der Waals surface area contributed by atoms with Crippen molar-refractivity contribution in [3.8, 4) is 0 Å². The summed E-state index contributed by atoms with van der Waals surface area (Å²) >= 11 is 0. The summed E-state index contributed by atoms with van der Waals surface area (Å²) in [5, 5.41) is 18.3. The van der Waals surface area contributed by atoms with Gasteiger partial charge in [0.1, 0.15) is 12.2 Å². The van der Waals surface area contributed by atoms with Crippen LogP contribution >= 0.6 is 7.82 Å². The SMILES string of the molecule is CCCCCCCCCCCCCCCCCCCCCCCCCC(=O)OC(COCCCCCCCCCCCC)COP(=O)(O)OCC(O)CO. The minimum absolute atomic E-state index is 0.0574. The van der Waals surface area contributed by atoms with Crippen molar-refractivity contribution in [2.75, 3.05) is 33.0 Å². The zero-order valence-electron chi connectivity index (χ0n) is 35.5. The summed E-state index contributed by atoms with van der Waals surface area (Å²) in [4.78, 5) is 22.6. The fourth-order valence-corrected chi connectivity index (χ4v) is 7.56. The van der Waals surface area contributed by atoms with Crippen LogP contribution < -0.4 is 0 Å². The molecule has 0 amide bonds. The summed E-state index contributed by atoms with van der Waals surface area (Å²) in [6.45, 7) is 3.56. The van der Waals surface area contributed by atoms with Crippen LogP contribution in [0.1, 0.15) is 232 Å². The molecule has 0 aliphatic carbocycles. The number of phosphoric acid groups is 1. The summed E-state index contributed by atoms with van der Waals surface area (Å²) in [7, 11) is -4.51. The molecule has 0 saturated heterocycles. The Hall–Kier alpha value is -0.540. The van der Waals surface area contributed by atoms with Gasteiger partial charge in [0, 0.05) is 13.0 Å². The van der Waals surface area contributed by atoms with Gasteiger partial charge < -0.3 is 24.6 Å². The van der Waals surface area contributed by atoms with Crippen LogP contribution in [0.15, 0.2) is 0 Å². The lowest BCUT2D eigenvalue weighted by Gasteiger charge is -2.20. The van der Waals surface area contributed by atoms with Crippen molar-refractivity contribution in [1.82, 2.24) is 0 Å². The lowest BCUT2D eigenvalue weighted by molar-refractivity contribution is -0.154. The molecule has 0 aromatic carbocycles. The third-order valence-electron chi connectivity index (χ3n) is 10.3. The van der Waals surface area contributed by atoms with Crippen molar-refractivity contribution in [3.63, 3.8) is 0 Å². The fraction of sp³-hybridized carbons (Fsp3) is 0.977. The second kappa shape index (κ2) is 42.1. The highest BCUT2D eigenvalue weighted by Crippen LogP contribution is 2.43. The average molecular weight is 793 g/mol. The van der Waals surface area contributed by atoms with E-state index in [0.717, 1.165) is 32.1 Å². The molecule has 0 aromatic heterocycles. The lowest BCUT2D eigenvalue weighted by atomic mass is 10.0. The molecular weight excluding hydrogens is 703 g/mol. The van der Waals surface area contributed by atoms with E-state index in [4.69, 9.17) is 23.6 Å². The lowest BCUT2D eigenvalue weighted by Crippen LogP contribution is -2.29. The Bertz CT molecular complexity index is 815. The van der Waals surface area contributed by atoms with Crippen molar-refractivity contribution in [3.05, 3.63) is 0 Å². The van der Waals surface area contributed by atoms with E-state index in [1.807, 2.05) is 0 Å². The normalized spacial score (nSPS) is 13.9. The molecule has 0 radical (unpaired) electrons. The van der Waals surface area contributed by atoms with E-state index >= 15 is 0 Å². The molecule has 324 valence electrons. The van der Waals surface area contributed by atoms with E-state index < -0.39 is 33.2 Å². The molecule has 54 heavy (non-hydrogen) atoms. The standard InChI is InChI=1S/C44H89O9P/c1-3-5-7-9-11-13-15-16-17-18-19-20-21-22-23-24-25-26-27-28-30-32-34-36-44(47)53-43(41-52-54(48,49)51-39-42(46)38-45)40-50-37-35-33-31-29-14-12-10-8-6-4-2/h42-43,45-46H,3-41H2,1-2H3,(H,48,49). The third kappa shape index (κ3) is 41.1. The number of ether oxygens (including phenoxy) is 2. The van der Waals surface area contributed by atoms with Crippen LogP contribution in [0.3, 0.4) is 0 Å². The summed E-state index contributed by atoms with van der Waals surface area (Å²) in [6, 6.07) is 0. The molecule has 0 aromatic rings. The molecule has 3 atom stereocenters. The number of esters is 1. The van der Waals surface area contributed by atoms with Crippen LogP contribution in [-0.2, 0) is 27.9 Å². The Labute approximate surface area is 333 Å². The van der Waals surface area contributed by atoms with Gasteiger partial charge in [0.2, 0.25) is 0 Å². The van der Waals surface area contributed by atoms with Crippen molar-refractivity contribution in [2.24, 2.45) is 0 Å². The maximum absolute atomic E-state index is 12.6. The van der Waals surface area contributed by atoms with Gasteiger partial charge in [-0.25, -0.2) is 4.57 Å². The number of rotatable bonds is 45. The number of aliphatic hydroxyl groups is 2. The maximum Gasteiger partial charge on any atom is 0.472 e. The third-order valence-corrected chi connectivity index (χ3v) is 11.2. The summed E-state index contributed by atoms with van der Waals surface area (Å²) in [6.07, 6.45) is 40.7. The molecule has 0 rings (SSSR count). The molecule has 0 saturated carbocycles. The molecule has 0 fully saturated rings. The van der Waals surface area contributed by atoms with Gasteiger partial charge in [0.25, 0.3) is 0 Å². The van der Waals surface area contributed by atoms with Gasteiger partial charge >= 0.3 is 13.8 Å². The van der Waals surface area contributed by atoms with Crippen molar-refractivity contribution < 1.29 is 43.0 Å². The summed E-state index contributed by atoms with van der Waals surface area (Å²) in [5.41, 5.74) is 0. The van der Waals surface area contributed by atoms with E-state index in [1.54, 1.807) is 0 Å². The van der Waals surface area contributed by atoms with Crippen LogP contribution in [0.5, 0.6) is 0 Å². The molecule has 10 heteroatoms. The Morgan fingerprint density at radius 1 is 0.500 bits per heavy atom. The number of hydrogen-bond acceptors (Lipinski definition) is 8. The Morgan fingerprint density at radius 3 is 1.20 bits per heavy atom. The monoisotopic (exact) mass is 793 g/mol. The first kappa shape index (κ1) is 53.5. The molecule has 0 heterocycles. The fourth-order valence-electron chi connectivity index (χ4n) is 6.77. The van der Waals surface area contributed by atoms with Gasteiger partial charge in [-0.2, -0.15) is 0 Å². The number of hydrogen-bond donors (Lipinski definition) is 3. The number of phosphoric ester groups is 1. The first-order valence-electron chi connectivity index (χ1n) is 23.0. The molecule has 3 unspecified atom stereocenters. The van der Waals surface area contributed by atoms with Crippen LogP contribution in [-0.4, -0.2) is 66.3 Å². The van der Waals surface area contributed by atoms with Crippen molar-refractivity contribution >= 4 is 13.8 Å². The largest absolute Gasteiger partial charge is 0.472 e. The van der Waals surface area contributed by atoms with Crippen LogP contribution in [0.4, 0.5) is 0 Å². The van der Waals surface area contributed by atoms with Gasteiger partial charge in [-0.1, -0.05) is 213 Å². The molecule has 3 N–H and O–H groups in total. The van der Waals surface area contributed by atoms with Gasteiger partial charge in [-0.15, -0.1) is 0 Å². The Kier molecular flexibility index (Phi) is 41.7. The van der Waals surface area contributed by atoms with Gasteiger partial charge in [-0.3, -0.25) is 13.8 Å². The molecule has 9 nitrogen and oxygen atoms in total. The summed E-state index contributed by atoms with van der Waals surface area (Å²) < 4.78 is 33.3. The Balaban J connectivity index is 3.96. The predicted molar refractivity (Wildman–Crippen MR) is 224 cm³/mol. The van der Waals surface area contributed by atoms with E-state index in [9.17, 15) is 19.4 Å². The average Bonchev–Trinajstić information content (AvgIpc) is 3.16. The van der Waals surface area contributed by atoms with E-state index in [0.29, 0.717) is 6.61 Å². The second-order valence-corrected chi connectivity index (χ2v) is 17.2. The molecule has 0 spiro atoms.